The molecule has 1 aromatic rings. The molecule has 4 N–H and O–H groups in total. The number of carbonyl (C=O) groups is 2. The average molecular weight is 292 g/mol. The molecule has 6 nitrogen and oxygen atoms in total. The number of hydrogen-bond donors (Lipinski definition) is 3. The van der Waals surface area contributed by atoms with Crippen LogP contribution in [0, 0.1) is 5.41 Å². The molecule has 6 heteroatoms. The SMILES string of the molecule is CC1(C(=O)O)COCC1NC(=O)c1ccccc1CCN. The third kappa shape index (κ3) is 3.06. The van der Waals surface area contributed by atoms with Gasteiger partial charge in [0.1, 0.15) is 5.41 Å². The zero-order valence-corrected chi connectivity index (χ0v) is 12.0. The normalized spacial score (nSPS) is 24.8. The monoisotopic (exact) mass is 292 g/mol. The van der Waals surface area contributed by atoms with E-state index < -0.39 is 17.4 Å². The number of amides is 1. The van der Waals surface area contributed by atoms with Crippen LogP contribution in [-0.4, -0.2) is 42.8 Å². The Morgan fingerprint density at radius 1 is 1.48 bits per heavy atom. The van der Waals surface area contributed by atoms with Gasteiger partial charge in [-0.1, -0.05) is 18.2 Å². The van der Waals surface area contributed by atoms with Crippen LogP contribution >= 0.6 is 0 Å². The van der Waals surface area contributed by atoms with Gasteiger partial charge in [-0.3, -0.25) is 9.59 Å². The Labute approximate surface area is 123 Å². The summed E-state index contributed by atoms with van der Waals surface area (Å²) in [7, 11) is 0. The molecule has 0 spiro atoms. The Kier molecular flexibility index (Phi) is 4.59. The second kappa shape index (κ2) is 6.24. The van der Waals surface area contributed by atoms with Crippen molar-refractivity contribution in [2.24, 2.45) is 11.1 Å². The van der Waals surface area contributed by atoms with Crippen molar-refractivity contribution in [3.05, 3.63) is 35.4 Å². The highest BCUT2D eigenvalue weighted by molar-refractivity contribution is 5.96. The third-order valence-corrected chi connectivity index (χ3v) is 3.93. The van der Waals surface area contributed by atoms with E-state index in [9.17, 15) is 14.7 Å². The highest BCUT2D eigenvalue weighted by Gasteiger charge is 2.47. The maximum Gasteiger partial charge on any atom is 0.313 e. The Morgan fingerprint density at radius 2 is 2.19 bits per heavy atom. The minimum absolute atomic E-state index is 0.0950. The van der Waals surface area contributed by atoms with Gasteiger partial charge >= 0.3 is 5.97 Å². The van der Waals surface area contributed by atoms with Gasteiger partial charge in [-0.15, -0.1) is 0 Å². The molecule has 1 aliphatic heterocycles. The Hall–Kier alpha value is -1.92. The number of nitrogens with two attached hydrogens (primary N) is 1. The molecule has 21 heavy (non-hydrogen) atoms. The quantitative estimate of drug-likeness (QED) is 0.729. The molecular weight excluding hydrogens is 272 g/mol. The van der Waals surface area contributed by atoms with Crippen molar-refractivity contribution in [2.45, 2.75) is 19.4 Å². The summed E-state index contributed by atoms with van der Waals surface area (Å²) in [5.41, 5.74) is 5.83. The van der Waals surface area contributed by atoms with Crippen molar-refractivity contribution < 1.29 is 19.4 Å². The molecule has 1 aliphatic rings. The largest absolute Gasteiger partial charge is 0.481 e. The molecule has 2 unspecified atom stereocenters. The number of benzene rings is 1. The lowest BCUT2D eigenvalue weighted by atomic mass is 9.85. The van der Waals surface area contributed by atoms with E-state index in [4.69, 9.17) is 10.5 Å². The molecule has 1 fully saturated rings. The summed E-state index contributed by atoms with van der Waals surface area (Å²) < 4.78 is 5.23. The molecule has 1 aromatic carbocycles. The second-order valence-corrected chi connectivity index (χ2v) is 5.46. The molecular formula is C15H20N2O4. The highest BCUT2D eigenvalue weighted by Crippen LogP contribution is 2.29. The van der Waals surface area contributed by atoms with Crippen molar-refractivity contribution in [3.63, 3.8) is 0 Å². The van der Waals surface area contributed by atoms with E-state index in [1.807, 2.05) is 12.1 Å². The van der Waals surface area contributed by atoms with Crippen molar-refractivity contribution >= 4 is 11.9 Å². The predicted molar refractivity (Wildman–Crippen MR) is 77.0 cm³/mol. The molecule has 0 aromatic heterocycles. The first-order valence-corrected chi connectivity index (χ1v) is 6.89. The van der Waals surface area contributed by atoms with Gasteiger partial charge in [0.2, 0.25) is 0 Å². The molecule has 2 atom stereocenters. The zero-order valence-electron chi connectivity index (χ0n) is 12.0. The summed E-state index contributed by atoms with van der Waals surface area (Å²) in [6.45, 7) is 2.33. The molecule has 2 rings (SSSR count). The first kappa shape index (κ1) is 15.5. The topological polar surface area (TPSA) is 102 Å². The predicted octanol–water partition coefficient (Wildman–Crippen LogP) is 0.407. The number of carboxylic acid groups (broad SMARTS) is 1. The summed E-state index contributed by atoms with van der Waals surface area (Å²) >= 11 is 0. The fourth-order valence-corrected chi connectivity index (χ4v) is 2.44. The van der Waals surface area contributed by atoms with E-state index >= 15 is 0 Å². The van der Waals surface area contributed by atoms with E-state index in [1.165, 1.54) is 0 Å². The number of ether oxygens (including phenoxy) is 1. The number of carbonyl (C=O) groups excluding carboxylic acids is 1. The van der Waals surface area contributed by atoms with Gasteiger partial charge < -0.3 is 20.9 Å². The van der Waals surface area contributed by atoms with Crippen molar-refractivity contribution in [1.29, 1.82) is 0 Å². The van der Waals surface area contributed by atoms with E-state index in [-0.39, 0.29) is 19.1 Å². The van der Waals surface area contributed by atoms with Gasteiger partial charge in [-0.2, -0.15) is 0 Å². The smallest absolute Gasteiger partial charge is 0.313 e. The first-order valence-electron chi connectivity index (χ1n) is 6.89. The van der Waals surface area contributed by atoms with Crippen molar-refractivity contribution in [3.8, 4) is 0 Å². The molecule has 114 valence electrons. The number of nitrogens with one attached hydrogen (secondary N) is 1. The summed E-state index contributed by atoms with van der Waals surface area (Å²) in [5.74, 6) is -1.26. The van der Waals surface area contributed by atoms with Crippen LogP contribution in [0.4, 0.5) is 0 Å². The maximum atomic E-state index is 12.4. The minimum atomic E-state index is -1.10. The van der Waals surface area contributed by atoms with Gasteiger partial charge in [0, 0.05) is 5.56 Å². The summed E-state index contributed by atoms with van der Waals surface area (Å²) in [6, 6.07) is 6.64. The Balaban J connectivity index is 2.17. The van der Waals surface area contributed by atoms with Crippen molar-refractivity contribution in [1.82, 2.24) is 5.32 Å². The highest BCUT2D eigenvalue weighted by atomic mass is 16.5. The van der Waals surface area contributed by atoms with Crippen LogP contribution in [-0.2, 0) is 16.0 Å². The van der Waals surface area contributed by atoms with Gasteiger partial charge in [-0.25, -0.2) is 0 Å². The molecule has 0 saturated carbocycles. The van der Waals surface area contributed by atoms with Crippen LogP contribution in [0.15, 0.2) is 24.3 Å². The Morgan fingerprint density at radius 3 is 2.86 bits per heavy atom. The fraction of sp³-hybridized carbons (Fsp3) is 0.467. The van der Waals surface area contributed by atoms with E-state index in [1.54, 1.807) is 19.1 Å². The van der Waals surface area contributed by atoms with Gasteiger partial charge in [0.25, 0.3) is 5.91 Å². The van der Waals surface area contributed by atoms with E-state index in [2.05, 4.69) is 5.32 Å². The molecule has 1 heterocycles. The maximum absolute atomic E-state index is 12.4. The third-order valence-electron chi connectivity index (χ3n) is 3.93. The van der Waals surface area contributed by atoms with E-state index in [0.29, 0.717) is 18.5 Å². The Bertz CT molecular complexity index is 546. The van der Waals surface area contributed by atoms with Crippen LogP contribution in [0.25, 0.3) is 0 Å². The van der Waals surface area contributed by atoms with Gasteiger partial charge in [-0.05, 0) is 31.5 Å². The lowest BCUT2D eigenvalue weighted by Gasteiger charge is -2.25. The van der Waals surface area contributed by atoms with E-state index in [0.717, 1.165) is 5.56 Å². The van der Waals surface area contributed by atoms with Crippen LogP contribution < -0.4 is 11.1 Å². The lowest BCUT2D eigenvalue weighted by Crippen LogP contribution is -2.49. The van der Waals surface area contributed by atoms with Gasteiger partial charge in [0.05, 0.1) is 19.3 Å². The first-order chi connectivity index (χ1) is 9.99. The number of rotatable bonds is 5. The number of hydrogen-bond acceptors (Lipinski definition) is 4. The molecule has 0 aliphatic carbocycles. The summed E-state index contributed by atoms with van der Waals surface area (Å²) in [6.07, 6.45) is 0.598. The molecule has 0 bridgehead atoms. The van der Waals surface area contributed by atoms with Crippen LogP contribution in [0.2, 0.25) is 0 Å². The fourth-order valence-electron chi connectivity index (χ4n) is 2.44. The van der Waals surface area contributed by atoms with Crippen molar-refractivity contribution in [2.75, 3.05) is 19.8 Å². The zero-order chi connectivity index (χ0) is 15.5. The average Bonchev–Trinajstić information content (AvgIpc) is 2.82. The molecule has 0 radical (unpaired) electrons. The number of aliphatic carboxylic acids is 1. The van der Waals surface area contributed by atoms with Gasteiger partial charge in [0.15, 0.2) is 0 Å². The second-order valence-electron chi connectivity index (χ2n) is 5.46. The minimum Gasteiger partial charge on any atom is -0.481 e. The van der Waals surface area contributed by atoms with Crippen LogP contribution in [0.3, 0.4) is 0 Å². The standard InChI is InChI=1S/C15H20N2O4/c1-15(14(19)20)9-21-8-12(15)17-13(18)11-5-3-2-4-10(11)6-7-16/h2-5,12H,6-9,16H2,1H3,(H,17,18)(H,19,20). The van der Waals surface area contributed by atoms with Crippen LogP contribution in [0.5, 0.6) is 0 Å². The number of carboxylic acids is 1. The summed E-state index contributed by atoms with van der Waals surface area (Å²) in [4.78, 5) is 23.8. The van der Waals surface area contributed by atoms with Crippen LogP contribution in [0.1, 0.15) is 22.8 Å². The lowest BCUT2D eigenvalue weighted by molar-refractivity contribution is -0.148. The molecule has 1 saturated heterocycles. The summed E-state index contributed by atoms with van der Waals surface area (Å²) in [5, 5.41) is 12.1. The molecule has 1 amide bonds.